The first-order valence-electron chi connectivity index (χ1n) is 13.5. The molecule has 0 radical (unpaired) electrons. The summed E-state index contributed by atoms with van der Waals surface area (Å²) in [4.78, 5) is 11.6. The lowest BCUT2D eigenvalue weighted by Crippen LogP contribution is -2.20. The molecule has 5 heteroatoms. The molecule has 1 fully saturated rings. The highest BCUT2D eigenvalue weighted by molar-refractivity contribution is 5.69. The van der Waals surface area contributed by atoms with E-state index < -0.39 is 18.3 Å². The van der Waals surface area contributed by atoms with Gasteiger partial charge in [0.05, 0.1) is 24.4 Å². The number of unbranched alkanes of at least 4 members (excludes halogenated alkanes) is 1. The second-order valence-electron chi connectivity index (χ2n) is 10.3. The average molecular weight is 507 g/mol. The maximum absolute atomic E-state index is 11.6. The van der Waals surface area contributed by atoms with E-state index in [1.54, 1.807) is 6.08 Å². The van der Waals surface area contributed by atoms with E-state index >= 15 is 0 Å². The van der Waals surface area contributed by atoms with Gasteiger partial charge in [0.15, 0.2) is 0 Å². The molecule has 0 saturated heterocycles. The summed E-state index contributed by atoms with van der Waals surface area (Å²) in [6.45, 7) is 3.68. The number of allylic oxidation sites excluding steroid dienone is 2. The third kappa shape index (κ3) is 9.58. The number of aliphatic hydroxyl groups is 3. The van der Waals surface area contributed by atoms with Crippen LogP contribution in [0.15, 0.2) is 78.9 Å². The van der Waals surface area contributed by atoms with Crippen molar-refractivity contribution in [1.29, 1.82) is 0 Å². The van der Waals surface area contributed by atoms with Crippen molar-refractivity contribution >= 4 is 5.97 Å². The molecule has 2 aromatic carbocycles. The normalized spacial score (nSPS) is 22.8. The van der Waals surface area contributed by atoms with Crippen molar-refractivity contribution < 1.29 is 24.9 Å². The fourth-order valence-corrected chi connectivity index (χ4v) is 4.97. The molecule has 3 N–H and O–H groups in total. The molecule has 2 aromatic rings. The van der Waals surface area contributed by atoms with Crippen molar-refractivity contribution in [2.75, 3.05) is 0 Å². The summed E-state index contributed by atoms with van der Waals surface area (Å²) in [6.07, 6.45) is 10.0. The quantitative estimate of drug-likeness (QED) is 0.186. The number of carbonyl (C=O) groups excluding carboxylic acids is 1. The predicted molar refractivity (Wildman–Crippen MR) is 148 cm³/mol. The summed E-state index contributed by atoms with van der Waals surface area (Å²) >= 11 is 0. The van der Waals surface area contributed by atoms with Crippen molar-refractivity contribution in [2.24, 2.45) is 11.8 Å². The minimum atomic E-state index is -0.620. The topological polar surface area (TPSA) is 87.0 Å². The van der Waals surface area contributed by atoms with Crippen molar-refractivity contribution in [3.05, 3.63) is 84.5 Å². The molecule has 1 aliphatic carbocycles. The third-order valence-corrected chi connectivity index (χ3v) is 6.93. The van der Waals surface area contributed by atoms with Gasteiger partial charge >= 0.3 is 5.97 Å². The van der Waals surface area contributed by atoms with Gasteiger partial charge in [-0.05, 0) is 68.6 Å². The molecule has 1 saturated carbocycles. The smallest absolute Gasteiger partial charge is 0.306 e. The molecule has 5 atom stereocenters. The number of rotatable bonds is 13. The molecule has 0 aliphatic heterocycles. The number of aryl methyl sites for hydroxylation is 1. The zero-order chi connectivity index (χ0) is 26.6. The largest absolute Gasteiger partial charge is 0.463 e. The Labute approximate surface area is 221 Å². The molecule has 3 rings (SSSR count). The van der Waals surface area contributed by atoms with Crippen LogP contribution in [0.3, 0.4) is 0 Å². The van der Waals surface area contributed by atoms with Gasteiger partial charge < -0.3 is 20.1 Å². The SMILES string of the molecule is CC(C)OC(=O)CCC/C=C\C[C@@H]1[C@@H](/C=C/[C@@H](O)CCc2cccc(-c3ccccc3)c2)[C@H](O)C[C@@H]1O. The van der Waals surface area contributed by atoms with Gasteiger partial charge in [-0.15, -0.1) is 0 Å². The van der Waals surface area contributed by atoms with E-state index in [1.807, 2.05) is 56.3 Å². The molecule has 0 spiro atoms. The van der Waals surface area contributed by atoms with E-state index in [0.29, 0.717) is 25.7 Å². The number of benzene rings is 2. The second kappa shape index (κ2) is 14.9. The minimum Gasteiger partial charge on any atom is -0.463 e. The maximum atomic E-state index is 11.6. The van der Waals surface area contributed by atoms with E-state index in [4.69, 9.17) is 4.74 Å². The Kier molecular flexibility index (Phi) is 11.6. The van der Waals surface area contributed by atoms with Crippen LogP contribution in [0.1, 0.15) is 57.9 Å². The summed E-state index contributed by atoms with van der Waals surface area (Å²) in [6, 6.07) is 18.6. The first kappa shape index (κ1) is 28.8. The van der Waals surface area contributed by atoms with E-state index in [1.165, 1.54) is 11.1 Å². The number of aliphatic hydroxyl groups excluding tert-OH is 3. The minimum absolute atomic E-state index is 0.0901. The standard InChI is InChI=1S/C32H42O5/c1-23(2)37-32(36)16-9-4-3-8-15-28-29(31(35)22-30(28)34)20-19-27(33)18-17-24-11-10-14-26(21-24)25-12-6-5-7-13-25/h3,5-8,10-14,19-21,23,27-31,33-35H,4,9,15-18,22H2,1-2H3/b8-3-,20-19+/t27-,28+,29+,30-,31+/m0/s1. The Morgan fingerprint density at radius 2 is 1.78 bits per heavy atom. The number of esters is 1. The third-order valence-electron chi connectivity index (χ3n) is 6.93. The van der Waals surface area contributed by atoms with E-state index in [2.05, 4.69) is 30.3 Å². The molecule has 0 unspecified atom stereocenters. The van der Waals surface area contributed by atoms with Gasteiger partial charge in [0, 0.05) is 18.8 Å². The Morgan fingerprint density at radius 3 is 2.54 bits per heavy atom. The first-order valence-corrected chi connectivity index (χ1v) is 13.5. The summed E-state index contributed by atoms with van der Waals surface area (Å²) in [5.74, 6) is -0.467. The van der Waals surface area contributed by atoms with Gasteiger partial charge in [0.1, 0.15) is 0 Å². The zero-order valence-electron chi connectivity index (χ0n) is 22.1. The van der Waals surface area contributed by atoms with E-state index in [9.17, 15) is 20.1 Å². The molecule has 1 aliphatic rings. The lowest BCUT2D eigenvalue weighted by atomic mass is 9.89. The van der Waals surface area contributed by atoms with Gasteiger partial charge in [-0.2, -0.15) is 0 Å². The Bertz CT molecular complexity index is 1010. The van der Waals surface area contributed by atoms with E-state index in [-0.39, 0.29) is 23.9 Å². The molecule has 5 nitrogen and oxygen atoms in total. The Balaban J connectivity index is 1.46. The molecule has 0 amide bonds. The van der Waals surface area contributed by atoms with Crippen LogP contribution < -0.4 is 0 Å². The highest BCUT2D eigenvalue weighted by Gasteiger charge is 2.39. The molecule has 0 heterocycles. The summed E-state index contributed by atoms with van der Waals surface area (Å²) < 4.78 is 5.14. The number of hydrogen-bond donors (Lipinski definition) is 3. The van der Waals surface area contributed by atoms with Crippen molar-refractivity contribution in [2.45, 2.75) is 83.2 Å². The molecule has 0 aromatic heterocycles. The highest BCUT2D eigenvalue weighted by atomic mass is 16.5. The lowest BCUT2D eigenvalue weighted by molar-refractivity contribution is -0.147. The fourth-order valence-electron chi connectivity index (χ4n) is 4.97. The molecular weight excluding hydrogens is 464 g/mol. The fraction of sp³-hybridized carbons (Fsp3) is 0.469. The molecular formula is C32H42O5. The summed E-state index contributed by atoms with van der Waals surface area (Å²) in [7, 11) is 0. The first-order chi connectivity index (χ1) is 17.8. The summed E-state index contributed by atoms with van der Waals surface area (Å²) in [5, 5.41) is 31.6. The van der Waals surface area contributed by atoms with Crippen molar-refractivity contribution in [1.82, 2.24) is 0 Å². The van der Waals surface area contributed by atoms with Crippen LogP contribution in [-0.4, -0.2) is 45.7 Å². The van der Waals surface area contributed by atoms with Crippen LogP contribution in [0, 0.1) is 11.8 Å². The monoisotopic (exact) mass is 506 g/mol. The highest BCUT2D eigenvalue weighted by Crippen LogP contribution is 2.36. The van der Waals surface area contributed by atoms with Crippen LogP contribution in [0.5, 0.6) is 0 Å². The lowest BCUT2D eigenvalue weighted by Gasteiger charge is -2.19. The Morgan fingerprint density at radius 1 is 1.03 bits per heavy atom. The molecule has 0 bridgehead atoms. The van der Waals surface area contributed by atoms with Crippen LogP contribution in [0.25, 0.3) is 11.1 Å². The summed E-state index contributed by atoms with van der Waals surface area (Å²) in [5.41, 5.74) is 3.51. The van der Waals surface area contributed by atoms with Crippen molar-refractivity contribution in [3.8, 4) is 11.1 Å². The van der Waals surface area contributed by atoms with Gasteiger partial charge in [0.25, 0.3) is 0 Å². The van der Waals surface area contributed by atoms with Crippen LogP contribution in [0.2, 0.25) is 0 Å². The van der Waals surface area contributed by atoms with Gasteiger partial charge in [-0.3, -0.25) is 4.79 Å². The number of hydrogen-bond acceptors (Lipinski definition) is 5. The van der Waals surface area contributed by atoms with Gasteiger partial charge in [0.2, 0.25) is 0 Å². The number of ether oxygens (including phenoxy) is 1. The van der Waals surface area contributed by atoms with Crippen molar-refractivity contribution in [3.63, 3.8) is 0 Å². The number of carbonyl (C=O) groups is 1. The Hall–Kier alpha value is -2.73. The maximum Gasteiger partial charge on any atom is 0.306 e. The van der Waals surface area contributed by atoms with Gasteiger partial charge in [-0.1, -0.05) is 78.9 Å². The molecule has 37 heavy (non-hydrogen) atoms. The van der Waals surface area contributed by atoms with Crippen LogP contribution in [-0.2, 0) is 16.0 Å². The van der Waals surface area contributed by atoms with E-state index in [0.717, 1.165) is 24.8 Å². The van der Waals surface area contributed by atoms with Crippen LogP contribution in [0.4, 0.5) is 0 Å². The second-order valence-corrected chi connectivity index (χ2v) is 10.3. The van der Waals surface area contributed by atoms with Gasteiger partial charge in [-0.25, -0.2) is 0 Å². The zero-order valence-corrected chi connectivity index (χ0v) is 22.1. The van der Waals surface area contributed by atoms with Crippen LogP contribution >= 0.6 is 0 Å². The molecule has 200 valence electrons. The predicted octanol–water partition coefficient (Wildman–Crippen LogP) is 5.63. The average Bonchev–Trinajstić information content (AvgIpc) is 3.15.